The van der Waals surface area contributed by atoms with Crippen molar-refractivity contribution >= 4 is 17.2 Å². The molecule has 5 heteroatoms. The van der Waals surface area contributed by atoms with Gasteiger partial charge in [0.25, 0.3) is 0 Å². The zero-order valence-electron chi connectivity index (χ0n) is 15.2. The van der Waals surface area contributed by atoms with Gasteiger partial charge < -0.3 is 10.2 Å². The van der Waals surface area contributed by atoms with Gasteiger partial charge in [-0.1, -0.05) is 41.0 Å². The molecule has 0 bridgehead atoms. The standard InChI is InChI=1S/C18H31N3OS/c1-6-13-12-21(16(22)7-2)9-8-15(13)19-10-14-11-20-17(23-14)18(3,4)5/h11,13,15,19H,6-10,12H2,1-5H3. The Morgan fingerprint density at radius 2 is 2.17 bits per heavy atom. The summed E-state index contributed by atoms with van der Waals surface area (Å²) >= 11 is 1.81. The molecule has 130 valence electrons. The van der Waals surface area contributed by atoms with Crippen molar-refractivity contribution in [3.8, 4) is 0 Å². The molecule has 2 unspecified atom stereocenters. The van der Waals surface area contributed by atoms with E-state index in [4.69, 9.17) is 0 Å². The summed E-state index contributed by atoms with van der Waals surface area (Å²) in [6, 6.07) is 0.501. The molecule has 1 aliphatic heterocycles. The molecule has 0 aromatic carbocycles. The fourth-order valence-electron chi connectivity index (χ4n) is 3.13. The van der Waals surface area contributed by atoms with Gasteiger partial charge in [0.05, 0.1) is 5.01 Å². The Kier molecular flexibility index (Phi) is 6.20. The van der Waals surface area contributed by atoms with E-state index in [0.717, 1.165) is 32.5 Å². The quantitative estimate of drug-likeness (QED) is 0.893. The first-order valence-electron chi connectivity index (χ1n) is 8.81. The molecule has 2 atom stereocenters. The lowest BCUT2D eigenvalue weighted by molar-refractivity contribution is -0.133. The number of aromatic nitrogens is 1. The van der Waals surface area contributed by atoms with Crippen molar-refractivity contribution in [3.05, 3.63) is 16.1 Å². The smallest absolute Gasteiger partial charge is 0.222 e. The number of piperidine rings is 1. The van der Waals surface area contributed by atoms with Gasteiger partial charge in [0.2, 0.25) is 5.91 Å². The Morgan fingerprint density at radius 3 is 2.74 bits per heavy atom. The second-order valence-electron chi connectivity index (χ2n) is 7.52. The molecular weight excluding hydrogens is 306 g/mol. The van der Waals surface area contributed by atoms with Gasteiger partial charge in [-0.15, -0.1) is 11.3 Å². The average molecular weight is 338 g/mol. The van der Waals surface area contributed by atoms with Crippen molar-refractivity contribution in [3.63, 3.8) is 0 Å². The number of carbonyl (C=O) groups excluding carboxylic acids is 1. The van der Waals surface area contributed by atoms with E-state index in [1.54, 1.807) is 0 Å². The lowest BCUT2D eigenvalue weighted by Gasteiger charge is -2.38. The van der Waals surface area contributed by atoms with Crippen LogP contribution >= 0.6 is 11.3 Å². The first-order valence-corrected chi connectivity index (χ1v) is 9.63. The van der Waals surface area contributed by atoms with E-state index in [2.05, 4.69) is 38.0 Å². The van der Waals surface area contributed by atoms with Gasteiger partial charge in [-0.25, -0.2) is 4.98 Å². The van der Waals surface area contributed by atoms with Crippen LogP contribution < -0.4 is 5.32 Å². The van der Waals surface area contributed by atoms with Crippen LogP contribution in [0.4, 0.5) is 0 Å². The Balaban J connectivity index is 1.90. The highest BCUT2D eigenvalue weighted by atomic mass is 32.1. The minimum Gasteiger partial charge on any atom is -0.342 e. The molecule has 1 fully saturated rings. The van der Waals surface area contributed by atoms with E-state index in [9.17, 15) is 4.79 Å². The number of thiazole rings is 1. The van der Waals surface area contributed by atoms with Crippen LogP contribution in [0.25, 0.3) is 0 Å². The van der Waals surface area contributed by atoms with Crippen LogP contribution in [0.1, 0.15) is 63.8 Å². The maximum absolute atomic E-state index is 11.9. The van der Waals surface area contributed by atoms with Crippen molar-refractivity contribution < 1.29 is 4.79 Å². The third-order valence-corrected chi connectivity index (χ3v) is 6.07. The Morgan fingerprint density at radius 1 is 1.43 bits per heavy atom. The van der Waals surface area contributed by atoms with Crippen molar-refractivity contribution in [1.29, 1.82) is 0 Å². The molecule has 0 aliphatic carbocycles. The van der Waals surface area contributed by atoms with Gasteiger partial charge in [0.1, 0.15) is 0 Å². The van der Waals surface area contributed by atoms with Crippen molar-refractivity contribution in [2.75, 3.05) is 13.1 Å². The van der Waals surface area contributed by atoms with Gasteiger partial charge >= 0.3 is 0 Å². The number of hydrogen-bond donors (Lipinski definition) is 1. The summed E-state index contributed by atoms with van der Waals surface area (Å²) in [5.74, 6) is 0.841. The summed E-state index contributed by atoms with van der Waals surface area (Å²) in [5, 5.41) is 4.91. The minimum atomic E-state index is 0.126. The molecule has 2 rings (SSSR count). The summed E-state index contributed by atoms with van der Waals surface area (Å²) in [5.41, 5.74) is 0.126. The summed E-state index contributed by atoms with van der Waals surface area (Å²) in [6.45, 7) is 13.5. The number of nitrogens with one attached hydrogen (secondary N) is 1. The monoisotopic (exact) mass is 337 g/mol. The minimum absolute atomic E-state index is 0.126. The van der Waals surface area contributed by atoms with E-state index in [1.165, 1.54) is 9.88 Å². The van der Waals surface area contributed by atoms with E-state index in [0.29, 0.717) is 24.3 Å². The number of amides is 1. The van der Waals surface area contributed by atoms with E-state index >= 15 is 0 Å². The normalized spacial score (nSPS) is 22.4. The van der Waals surface area contributed by atoms with Crippen LogP contribution in [0.3, 0.4) is 0 Å². The van der Waals surface area contributed by atoms with Gasteiger partial charge in [-0.3, -0.25) is 4.79 Å². The molecule has 0 radical (unpaired) electrons. The summed E-state index contributed by atoms with van der Waals surface area (Å²) < 4.78 is 0. The SMILES string of the molecule is CCC(=O)N1CCC(NCc2cnc(C(C)(C)C)s2)C(CC)C1. The average Bonchev–Trinajstić information content (AvgIpc) is 3.01. The van der Waals surface area contributed by atoms with E-state index in [1.807, 2.05) is 29.4 Å². The largest absolute Gasteiger partial charge is 0.342 e. The summed E-state index contributed by atoms with van der Waals surface area (Å²) in [6.07, 6.45) is 4.79. The van der Waals surface area contributed by atoms with Gasteiger partial charge in [-0.05, 0) is 12.3 Å². The third kappa shape index (κ3) is 4.77. The predicted octanol–water partition coefficient (Wildman–Crippen LogP) is 3.57. The molecule has 1 aromatic rings. The molecule has 0 spiro atoms. The fraction of sp³-hybridized carbons (Fsp3) is 0.778. The topological polar surface area (TPSA) is 45.2 Å². The Bertz CT molecular complexity index is 521. The predicted molar refractivity (Wildman–Crippen MR) is 96.7 cm³/mol. The highest BCUT2D eigenvalue weighted by Crippen LogP contribution is 2.27. The van der Waals surface area contributed by atoms with Crippen molar-refractivity contribution in [2.24, 2.45) is 5.92 Å². The van der Waals surface area contributed by atoms with Crippen LogP contribution in [0, 0.1) is 5.92 Å². The van der Waals surface area contributed by atoms with Crippen LogP contribution in [0.5, 0.6) is 0 Å². The number of nitrogens with zero attached hydrogens (tertiary/aromatic N) is 2. The van der Waals surface area contributed by atoms with Gasteiger partial charge in [-0.2, -0.15) is 0 Å². The molecule has 1 N–H and O–H groups in total. The van der Waals surface area contributed by atoms with Crippen LogP contribution in [-0.4, -0.2) is 34.9 Å². The maximum atomic E-state index is 11.9. The number of carbonyl (C=O) groups is 1. The fourth-order valence-corrected chi connectivity index (χ4v) is 4.05. The van der Waals surface area contributed by atoms with Crippen molar-refractivity contribution in [1.82, 2.24) is 15.2 Å². The molecule has 2 heterocycles. The molecular formula is C18H31N3OS. The zero-order chi connectivity index (χ0) is 17.0. The summed E-state index contributed by atoms with van der Waals surface area (Å²) in [4.78, 5) is 19.8. The lowest BCUT2D eigenvalue weighted by atomic mass is 9.89. The molecule has 1 aromatic heterocycles. The van der Waals surface area contributed by atoms with E-state index < -0.39 is 0 Å². The number of hydrogen-bond acceptors (Lipinski definition) is 4. The number of rotatable bonds is 5. The Labute approximate surface area is 144 Å². The van der Waals surface area contributed by atoms with Crippen LogP contribution in [-0.2, 0) is 16.8 Å². The molecule has 4 nitrogen and oxygen atoms in total. The second kappa shape index (κ2) is 7.75. The first kappa shape index (κ1) is 18.4. The molecule has 23 heavy (non-hydrogen) atoms. The molecule has 1 amide bonds. The van der Waals surface area contributed by atoms with Gasteiger partial charge in [0, 0.05) is 48.6 Å². The zero-order valence-corrected chi connectivity index (χ0v) is 16.0. The lowest BCUT2D eigenvalue weighted by Crippen LogP contribution is -2.50. The van der Waals surface area contributed by atoms with Crippen LogP contribution in [0.2, 0.25) is 0 Å². The Hall–Kier alpha value is -0.940. The van der Waals surface area contributed by atoms with Crippen molar-refractivity contribution in [2.45, 2.75) is 71.9 Å². The third-order valence-electron chi connectivity index (χ3n) is 4.65. The number of likely N-dealkylation sites (tertiary alicyclic amines) is 1. The molecule has 1 aliphatic rings. The van der Waals surface area contributed by atoms with Gasteiger partial charge in [0.15, 0.2) is 0 Å². The van der Waals surface area contributed by atoms with E-state index in [-0.39, 0.29) is 5.41 Å². The molecule has 0 saturated carbocycles. The summed E-state index contributed by atoms with van der Waals surface area (Å²) in [7, 11) is 0. The highest BCUT2D eigenvalue weighted by Gasteiger charge is 2.29. The second-order valence-corrected chi connectivity index (χ2v) is 8.63. The van der Waals surface area contributed by atoms with Crippen LogP contribution in [0.15, 0.2) is 6.20 Å². The first-order chi connectivity index (χ1) is 10.8. The molecule has 1 saturated heterocycles. The maximum Gasteiger partial charge on any atom is 0.222 e. The highest BCUT2D eigenvalue weighted by molar-refractivity contribution is 7.11.